The van der Waals surface area contributed by atoms with E-state index < -0.39 is 16.1 Å². The molecule has 1 aliphatic carbocycles. The zero-order chi connectivity index (χ0) is 31.5. The molecule has 0 radical (unpaired) electrons. The minimum atomic E-state index is -3.68. The van der Waals surface area contributed by atoms with Crippen molar-refractivity contribution < 1.29 is 27.1 Å². The van der Waals surface area contributed by atoms with Crippen LogP contribution in [-0.2, 0) is 32.6 Å². The maximum atomic E-state index is 14.0. The van der Waals surface area contributed by atoms with Gasteiger partial charge in [0.15, 0.2) is 0 Å². The third-order valence-electron chi connectivity index (χ3n) is 7.82. The van der Waals surface area contributed by atoms with Crippen molar-refractivity contribution in [3.63, 3.8) is 0 Å². The predicted molar refractivity (Wildman–Crippen MR) is 170 cm³/mol. The Balaban J connectivity index is 1.59. The van der Waals surface area contributed by atoms with E-state index in [1.807, 2.05) is 37.3 Å². The van der Waals surface area contributed by atoms with Gasteiger partial charge in [-0.1, -0.05) is 67.4 Å². The summed E-state index contributed by atoms with van der Waals surface area (Å²) in [5.74, 6) is -0.459. The van der Waals surface area contributed by atoms with Crippen molar-refractivity contribution in [2.45, 2.75) is 70.5 Å². The molecule has 10 heteroatoms. The topological polar surface area (TPSA) is 96.0 Å². The molecule has 0 bridgehead atoms. The Labute approximate surface area is 260 Å². The van der Waals surface area contributed by atoms with Crippen LogP contribution in [0.5, 0.6) is 5.75 Å². The fourth-order valence-electron chi connectivity index (χ4n) is 5.63. The highest BCUT2D eigenvalue weighted by Gasteiger charge is 2.32. The van der Waals surface area contributed by atoms with Crippen LogP contribution in [0.25, 0.3) is 0 Å². The molecule has 1 N–H and O–H groups in total. The van der Waals surface area contributed by atoms with Gasteiger partial charge < -0.3 is 15.0 Å². The minimum absolute atomic E-state index is 0.00597. The molecule has 3 aromatic carbocycles. The Morgan fingerprint density at radius 1 is 0.955 bits per heavy atom. The minimum Gasteiger partial charge on any atom is -0.492 e. The molecule has 0 saturated heterocycles. The summed E-state index contributed by atoms with van der Waals surface area (Å²) in [5, 5.41) is 3.17. The van der Waals surface area contributed by atoms with Gasteiger partial charge in [0.1, 0.15) is 17.6 Å². The number of halogens is 1. The van der Waals surface area contributed by atoms with Crippen LogP contribution in [0.3, 0.4) is 0 Å². The van der Waals surface area contributed by atoms with E-state index in [0.29, 0.717) is 30.0 Å². The molecule has 0 unspecified atom stereocenters. The van der Waals surface area contributed by atoms with E-state index in [-0.39, 0.29) is 49.6 Å². The Bertz CT molecular complexity index is 1480. The maximum Gasteiger partial charge on any atom is 0.243 e. The van der Waals surface area contributed by atoms with E-state index in [4.69, 9.17) is 4.74 Å². The number of nitrogens with one attached hydrogen (secondary N) is 1. The molecule has 8 nitrogen and oxygen atoms in total. The van der Waals surface area contributed by atoms with Gasteiger partial charge >= 0.3 is 0 Å². The van der Waals surface area contributed by atoms with Gasteiger partial charge in [-0.3, -0.25) is 13.9 Å². The van der Waals surface area contributed by atoms with Crippen LogP contribution in [0.15, 0.2) is 78.9 Å². The first-order chi connectivity index (χ1) is 21.2. The summed E-state index contributed by atoms with van der Waals surface area (Å²) in [4.78, 5) is 29.4. The molecule has 236 valence electrons. The highest BCUT2D eigenvalue weighted by atomic mass is 32.2. The van der Waals surface area contributed by atoms with Crippen molar-refractivity contribution in [1.29, 1.82) is 0 Å². The number of carbonyl (C=O) groups excluding carboxylic acids is 2. The fraction of sp³-hybridized carbons (Fsp3) is 0.412. The number of ether oxygens (including phenoxy) is 1. The van der Waals surface area contributed by atoms with E-state index in [2.05, 4.69) is 5.32 Å². The summed E-state index contributed by atoms with van der Waals surface area (Å²) in [6.07, 6.45) is 5.57. The van der Waals surface area contributed by atoms with Crippen LogP contribution in [0.1, 0.15) is 56.6 Å². The number of anilines is 1. The zero-order valence-electron chi connectivity index (χ0n) is 25.5. The van der Waals surface area contributed by atoms with Gasteiger partial charge in [0, 0.05) is 32.0 Å². The summed E-state index contributed by atoms with van der Waals surface area (Å²) >= 11 is 0. The molecule has 1 atom stereocenters. The number of hydrogen-bond acceptors (Lipinski definition) is 5. The third-order valence-corrected chi connectivity index (χ3v) is 9.00. The number of para-hydroxylation sites is 2. The lowest BCUT2D eigenvalue weighted by atomic mass is 10.0. The van der Waals surface area contributed by atoms with Crippen molar-refractivity contribution in [1.82, 2.24) is 10.2 Å². The molecular weight excluding hydrogens is 581 g/mol. The van der Waals surface area contributed by atoms with Gasteiger partial charge in [0.05, 0.1) is 18.6 Å². The highest BCUT2D eigenvalue weighted by Crippen LogP contribution is 2.30. The molecule has 2 amide bonds. The predicted octanol–water partition coefficient (Wildman–Crippen LogP) is 5.47. The number of rotatable bonds is 15. The zero-order valence-corrected chi connectivity index (χ0v) is 26.3. The second-order valence-corrected chi connectivity index (χ2v) is 13.1. The van der Waals surface area contributed by atoms with Crippen molar-refractivity contribution in [3.8, 4) is 5.75 Å². The lowest BCUT2D eigenvalue weighted by molar-refractivity contribution is -0.141. The first-order valence-corrected chi connectivity index (χ1v) is 17.1. The first kappa shape index (κ1) is 33.0. The number of hydrogen-bond donors (Lipinski definition) is 1. The van der Waals surface area contributed by atoms with Crippen molar-refractivity contribution in [2.24, 2.45) is 0 Å². The van der Waals surface area contributed by atoms with E-state index >= 15 is 0 Å². The van der Waals surface area contributed by atoms with Crippen LogP contribution in [0, 0.1) is 5.82 Å². The van der Waals surface area contributed by atoms with Gasteiger partial charge in [-0.05, 0) is 61.6 Å². The normalized spacial score (nSPS) is 14.2. The Kier molecular flexibility index (Phi) is 11.8. The molecule has 0 aromatic heterocycles. The second-order valence-electron chi connectivity index (χ2n) is 11.2. The molecule has 1 fully saturated rings. The molecule has 44 heavy (non-hydrogen) atoms. The van der Waals surface area contributed by atoms with E-state index in [0.717, 1.165) is 37.5 Å². The molecular formula is C34H42FN3O5S. The highest BCUT2D eigenvalue weighted by molar-refractivity contribution is 7.92. The van der Waals surface area contributed by atoms with Crippen LogP contribution in [-0.4, -0.2) is 56.6 Å². The average Bonchev–Trinajstić information content (AvgIpc) is 3.51. The third kappa shape index (κ3) is 9.29. The molecule has 0 aliphatic heterocycles. The van der Waals surface area contributed by atoms with Crippen LogP contribution >= 0.6 is 0 Å². The van der Waals surface area contributed by atoms with E-state index in [1.54, 1.807) is 41.3 Å². The monoisotopic (exact) mass is 623 g/mol. The fourth-order valence-corrected chi connectivity index (χ4v) is 6.60. The van der Waals surface area contributed by atoms with Crippen molar-refractivity contribution in [2.75, 3.05) is 23.7 Å². The number of benzene rings is 3. The SMILES string of the molecule is CCOc1ccccc1N(CCCC(=O)N(Cc1ccc(F)cc1)[C@H](Cc1ccccc1)C(=O)NC1CCCC1)S(C)(=O)=O. The molecule has 1 aliphatic rings. The number of amides is 2. The van der Waals surface area contributed by atoms with E-state index in [1.165, 1.54) is 16.4 Å². The molecule has 1 saturated carbocycles. The van der Waals surface area contributed by atoms with Gasteiger partial charge in [-0.2, -0.15) is 0 Å². The van der Waals surface area contributed by atoms with Crippen LogP contribution in [0.2, 0.25) is 0 Å². The molecule has 0 heterocycles. The number of sulfonamides is 1. The summed E-state index contributed by atoms with van der Waals surface area (Å²) in [6, 6.07) is 21.6. The van der Waals surface area contributed by atoms with Gasteiger partial charge in [0.2, 0.25) is 21.8 Å². The largest absolute Gasteiger partial charge is 0.492 e. The average molecular weight is 624 g/mol. The van der Waals surface area contributed by atoms with Crippen molar-refractivity contribution >= 4 is 27.5 Å². The van der Waals surface area contributed by atoms with Crippen LogP contribution in [0.4, 0.5) is 10.1 Å². The smallest absolute Gasteiger partial charge is 0.243 e. The summed E-state index contributed by atoms with van der Waals surface area (Å²) in [5.41, 5.74) is 2.01. The first-order valence-electron chi connectivity index (χ1n) is 15.2. The lowest BCUT2D eigenvalue weighted by Gasteiger charge is -2.33. The summed E-state index contributed by atoms with van der Waals surface area (Å²) < 4.78 is 46.3. The molecule has 4 rings (SSSR count). The maximum absolute atomic E-state index is 14.0. The Hall–Kier alpha value is -3.92. The number of carbonyl (C=O) groups is 2. The number of nitrogens with zero attached hydrogens (tertiary/aromatic N) is 2. The van der Waals surface area contributed by atoms with Gasteiger partial charge in [0.25, 0.3) is 0 Å². The van der Waals surface area contributed by atoms with Gasteiger partial charge in [-0.25, -0.2) is 12.8 Å². The van der Waals surface area contributed by atoms with E-state index in [9.17, 15) is 22.4 Å². The summed E-state index contributed by atoms with van der Waals surface area (Å²) in [7, 11) is -3.68. The second kappa shape index (κ2) is 15.7. The van der Waals surface area contributed by atoms with Crippen molar-refractivity contribution in [3.05, 3.63) is 95.8 Å². The lowest BCUT2D eigenvalue weighted by Crippen LogP contribution is -2.52. The molecule has 3 aromatic rings. The Morgan fingerprint density at radius 2 is 1.61 bits per heavy atom. The Morgan fingerprint density at radius 3 is 2.27 bits per heavy atom. The summed E-state index contributed by atoms with van der Waals surface area (Å²) in [6.45, 7) is 2.36. The van der Waals surface area contributed by atoms with Crippen LogP contribution < -0.4 is 14.4 Å². The molecule has 0 spiro atoms. The van der Waals surface area contributed by atoms with Gasteiger partial charge in [-0.15, -0.1) is 0 Å². The quantitative estimate of drug-likeness (QED) is 0.242. The standard InChI is InChI=1S/C34H42FN3O5S/c1-3-43-32-17-10-9-16-30(32)38(44(2,41)42)23-11-18-33(39)37(25-27-19-21-28(35)22-20-27)31(24-26-12-5-4-6-13-26)34(40)36-29-14-7-8-15-29/h4-6,9-10,12-13,16-17,19-22,29,31H,3,7-8,11,14-15,18,23-25H2,1-2H3,(H,36,40)/t31-/m1/s1.